The van der Waals surface area contributed by atoms with Crippen molar-refractivity contribution >= 4 is 22.4 Å². The molecule has 96 valence electrons. The van der Waals surface area contributed by atoms with E-state index in [1.54, 1.807) is 12.4 Å². The Morgan fingerprint density at radius 1 is 1.50 bits per heavy atom. The van der Waals surface area contributed by atoms with Gasteiger partial charge in [0, 0.05) is 31.1 Å². The van der Waals surface area contributed by atoms with Crippen LogP contribution >= 0.6 is 11.5 Å². The molecule has 2 heterocycles. The number of rotatable bonds is 6. The summed E-state index contributed by atoms with van der Waals surface area (Å²) in [7, 11) is 0. The van der Waals surface area contributed by atoms with Crippen molar-refractivity contribution in [1.82, 2.24) is 9.36 Å². The van der Waals surface area contributed by atoms with Crippen LogP contribution in [0.3, 0.4) is 0 Å². The maximum absolute atomic E-state index is 5.90. The second-order valence-corrected chi connectivity index (χ2v) is 4.41. The normalized spacial score (nSPS) is 10.5. The molecule has 0 atom stereocenters. The summed E-state index contributed by atoms with van der Waals surface area (Å²) in [5.74, 6) is 0.534. The van der Waals surface area contributed by atoms with Crippen LogP contribution in [0.2, 0.25) is 0 Å². The third kappa shape index (κ3) is 2.96. The van der Waals surface area contributed by atoms with Gasteiger partial charge in [0.25, 0.3) is 0 Å². The predicted molar refractivity (Wildman–Crippen MR) is 74.7 cm³/mol. The van der Waals surface area contributed by atoms with Crippen LogP contribution in [0.1, 0.15) is 6.92 Å². The minimum absolute atomic E-state index is 0.534. The average Bonchev–Trinajstić information content (AvgIpc) is 2.77. The molecule has 0 saturated heterocycles. The van der Waals surface area contributed by atoms with E-state index in [0.29, 0.717) is 12.4 Å². The van der Waals surface area contributed by atoms with E-state index < -0.39 is 0 Å². The fourth-order valence-corrected chi connectivity index (χ4v) is 2.36. The maximum Gasteiger partial charge on any atom is 0.147 e. The lowest BCUT2D eigenvalue weighted by Crippen LogP contribution is -2.08. The van der Waals surface area contributed by atoms with Gasteiger partial charge in [-0.05, 0) is 24.5 Å². The van der Waals surface area contributed by atoms with Crippen molar-refractivity contribution in [3.63, 3.8) is 0 Å². The first-order valence-corrected chi connectivity index (χ1v) is 6.57. The first-order valence-electron chi connectivity index (χ1n) is 5.80. The van der Waals surface area contributed by atoms with Crippen LogP contribution in [0, 0.1) is 0 Å². The molecule has 0 saturated carbocycles. The van der Waals surface area contributed by atoms with Gasteiger partial charge in [0.15, 0.2) is 0 Å². The Balaban J connectivity index is 2.12. The number of aromatic nitrogens is 2. The molecule has 0 aromatic carbocycles. The molecular weight excluding hydrogens is 248 g/mol. The molecule has 0 aliphatic carbocycles. The van der Waals surface area contributed by atoms with Crippen molar-refractivity contribution < 1.29 is 4.74 Å². The number of nitrogen functional groups attached to an aromatic ring is 1. The van der Waals surface area contributed by atoms with E-state index in [9.17, 15) is 0 Å². The Kier molecular flexibility index (Phi) is 4.49. The van der Waals surface area contributed by atoms with Gasteiger partial charge in [0.05, 0.1) is 12.2 Å². The van der Waals surface area contributed by atoms with E-state index in [1.807, 2.05) is 19.1 Å². The summed E-state index contributed by atoms with van der Waals surface area (Å²) in [6.45, 7) is 4.11. The highest BCUT2D eigenvalue weighted by Gasteiger charge is 2.13. The van der Waals surface area contributed by atoms with Crippen LogP contribution in [0.15, 0.2) is 24.5 Å². The fourth-order valence-electron chi connectivity index (χ4n) is 1.59. The Morgan fingerprint density at radius 3 is 3.11 bits per heavy atom. The standard InChI is InChI=1S/C12H16N4OS/c1-2-17-7-6-15-12-10(11(13)16-18-12)9-4-3-5-14-8-9/h3-5,8,15H,2,6-7H2,1H3,(H2,13,16). The topological polar surface area (TPSA) is 73.1 Å². The number of nitrogens with zero attached hydrogens (tertiary/aromatic N) is 2. The second kappa shape index (κ2) is 6.32. The molecule has 18 heavy (non-hydrogen) atoms. The van der Waals surface area contributed by atoms with Gasteiger partial charge in [0.1, 0.15) is 10.8 Å². The monoisotopic (exact) mass is 264 g/mol. The zero-order chi connectivity index (χ0) is 12.8. The van der Waals surface area contributed by atoms with Crippen molar-refractivity contribution in [3.8, 4) is 11.1 Å². The second-order valence-electron chi connectivity index (χ2n) is 3.64. The molecule has 0 fully saturated rings. The molecule has 2 rings (SSSR count). The van der Waals surface area contributed by atoms with E-state index in [1.165, 1.54) is 11.5 Å². The van der Waals surface area contributed by atoms with Crippen LogP contribution in [0.25, 0.3) is 11.1 Å². The molecule has 5 nitrogen and oxygen atoms in total. The number of anilines is 2. The summed E-state index contributed by atoms with van der Waals surface area (Å²) in [6, 6.07) is 3.86. The van der Waals surface area contributed by atoms with Gasteiger partial charge in [-0.15, -0.1) is 0 Å². The van der Waals surface area contributed by atoms with Gasteiger partial charge < -0.3 is 15.8 Å². The van der Waals surface area contributed by atoms with Gasteiger partial charge in [-0.25, -0.2) is 0 Å². The molecule has 0 aliphatic heterocycles. The van der Waals surface area contributed by atoms with Crippen LogP contribution < -0.4 is 11.1 Å². The largest absolute Gasteiger partial charge is 0.382 e. The van der Waals surface area contributed by atoms with Crippen molar-refractivity contribution in [1.29, 1.82) is 0 Å². The molecule has 2 aromatic rings. The summed E-state index contributed by atoms with van der Waals surface area (Å²) in [5.41, 5.74) is 7.80. The molecule has 0 bridgehead atoms. The van der Waals surface area contributed by atoms with Gasteiger partial charge in [-0.3, -0.25) is 4.98 Å². The van der Waals surface area contributed by atoms with Crippen molar-refractivity contribution in [3.05, 3.63) is 24.5 Å². The minimum Gasteiger partial charge on any atom is -0.382 e. The molecule has 0 amide bonds. The summed E-state index contributed by atoms with van der Waals surface area (Å²) in [5, 5.41) is 4.25. The van der Waals surface area contributed by atoms with E-state index in [2.05, 4.69) is 14.7 Å². The molecule has 2 aromatic heterocycles. The summed E-state index contributed by atoms with van der Waals surface area (Å²) in [4.78, 5) is 4.10. The highest BCUT2D eigenvalue weighted by molar-refractivity contribution is 7.11. The Labute approximate surface area is 110 Å². The quantitative estimate of drug-likeness (QED) is 0.783. The van der Waals surface area contributed by atoms with E-state index in [4.69, 9.17) is 10.5 Å². The Hall–Kier alpha value is -1.66. The van der Waals surface area contributed by atoms with Crippen molar-refractivity contribution in [2.75, 3.05) is 30.8 Å². The third-order valence-corrected chi connectivity index (χ3v) is 3.22. The minimum atomic E-state index is 0.534. The number of nitrogens with two attached hydrogens (primary N) is 1. The van der Waals surface area contributed by atoms with Crippen molar-refractivity contribution in [2.24, 2.45) is 0 Å². The van der Waals surface area contributed by atoms with E-state index in [-0.39, 0.29) is 0 Å². The third-order valence-electron chi connectivity index (χ3n) is 2.40. The first kappa shape index (κ1) is 12.8. The van der Waals surface area contributed by atoms with Crippen LogP contribution in [-0.2, 0) is 4.74 Å². The first-order chi connectivity index (χ1) is 8.83. The summed E-state index contributed by atoms with van der Waals surface area (Å²) >= 11 is 1.36. The lowest BCUT2D eigenvalue weighted by atomic mass is 10.1. The van der Waals surface area contributed by atoms with E-state index in [0.717, 1.165) is 29.3 Å². The zero-order valence-electron chi connectivity index (χ0n) is 10.2. The van der Waals surface area contributed by atoms with Gasteiger partial charge in [-0.1, -0.05) is 6.07 Å². The van der Waals surface area contributed by atoms with Gasteiger partial charge in [-0.2, -0.15) is 4.37 Å². The summed E-state index contributed by atoms with van der Waals surface area (Å²) < 4.78 is 9.47. The van der Waals surface area contributed by atoms with Crippen LogP contribution in [0.4, 0.5) is 10.8 Å². The molecular formula is C12H16N4OS. The number of hydrogen-bond donors (Lipinski definition) is 2. The van der Waals surface area contributed by atoms with Crippen LogP contribution in [0.5, 0.6) is 0 Å². The summed E-state index contributed by atoms with van der Waals surface area (Å²) in [6.07, 6.45) is 3.52. The Bertz CT molecular complexity index is 486. The van der Waals surface area contributed by atoms with Crippen molar-refractivity contribution in [2.45, 2.75) is 6.92 Å². The number of hydrogen-bond acceptors (Lipinski definition) is 6. The maximum atomic E-state index is 5.90. The number of ether oxygens (including phenoxy) is 1. The highest BCUT2D eigenvalue weighted by atomic mass is 32.1. The lowest BCUT2D eigenvalue weighted by Gasteiger charge is -2.07. The highest BCUT2D eigenvalue weighted by Crippen LogP contribution is 2.35. The number of pyridine rings is 1. The molecule has 3 N–H and O–H groups in total. The number of nitrogens with one attached hydrogen (secondary N) is 1. The lowest BCUT2D eigenvalue weighted by molar-refractivity contribution is 0.158. The smallest absolute Gasteiger partial charge is 0.147 e. The predicted octanol–water partition coefficient (Wildman–Crippen LogP) is 2.24. The molecule has 0 radical (unpaired) electrons. The fraction of sp³-hybridized carbons (Fsp3) is 0.333. The Morgan fingerprint density at radius 2 is 2.39 bits per heavy atom. The molecule has 0 aliphatic rings. The molecule has 6 heteroatoms. The zero-order valence-corrected chi connectivity index (χ0v) is 11.0. The average molecular weight is 264 g/mol. The molecule has 0 spiro atoms. The molecule has 0 unspecified atom stereocenters. The van der Waals surface area contributed by atoms with Gasteiger partial charge in [0.2, 0.25) is 0 Å². The SMILES string of the molecule is CCOCCNc1snc(N)c1-c1cccnc1. The van der Waals surface area contributed by atoms with Gasteiger partial charge >= 0.3 is 0 Å². The van der Waals surface area contributed by atoms with E-state index >= 15 is 0 Å². The van der Waals surface area contributed by atoms with Crippen LogP contribution in [-0.4, -0.2) is 29.1 Å².